The summed E-state index contributed by atoms with van der Waals surface area (Å²) in [5.74, 6) is -0.390. The second-order valence-corrected chi connectivity index (χ2v) is 12.4. The van der Waals surface area contributed by atoms with Gasteiger partial charge in [0, 0.05) is 24.3 Å². The van der Waals surface area contributed by atoms with Crippen molar-refractivity contribution in [2.45, 2.75) is 42.4 Å². The lowest BCUT2D eigenvalue weighted by Gasteiger charge is -2.20. The van der Waals surface area contributed by atoms with Crippen LogP contribution in [-0.4, -0.2) is 40.1 Å². The Morgan fingerprint density at radius 1 is 0.778 bits per heavy atom. The van der Waals surface area contributed by atoms with Crippen LogP contribution in [0, 0.1) is 6.92 Å². The van der Waals surface area contributed by atoms with E-state index in [1.54, 1.807) is 49.4 Å². The van der Waals surface area contributed by atoms with Crippen LogP contribution in [0.2, 0.25) is 0 Å². The molecule has 1 amide bonds. The maximum Gasteiger partial charge on any atom is 0.261 e. The van der Waals surface area contributed by atoms with Crippen molar-refractivity contribution in [2.75, 3.05) is 23.1 Å². The number of hydrogen-bond acceptors (Lipinski definition) is 5. The van der Waals surface area contributed by atoms with Gasteiger partial charge in [-0.3, -0.25) is 9.52 Å². The molecule has 0 aromatic heterocycles. The molecule has 0 bridgehead atoms. The summed E-state index contributed by atoms with van der Waals surface area (Å²) < 4.78 is 55.2. The average molecular weight is 528 g/mol. The summed E-state index contributed by atoms with van der Waals surface area (Å²) in [6, 6.07) is 18.8. The van der Waals surface area contributed by atoms with E-state index in [0.29, 0.717) is 35.6 Å². The number of nitrogens with one attached hydrogen (secondary N) is 2. The molecule has 1 aliphatic rings. The number of aryl methyl sites for hydroxylation is 1. The molecular formula is C26H29N3O5S2. The van der Waals surface area contributed by atoms with Gasteiger partial charge in [0.25, 0.3) is 15.9 Å². The Kier molecular flexibility index (Phi) is 7.77. The number of carbonyl (C=O) groups is 1. The monoisotopic (exact) mass is 527 g/mol. The fourth-order valence-electron chi connectivity index (χ4n) is 4.07. The molecule has 10 heteroatoms. The third-order valence-electron chi connectivity index (χ3n) is 6.10. The standard InChI is InChI=1S/C26H29N3O5S2/c1-20-19-21(11-16-25(20)28-35(31,32)23-9-5-4-6-10-23)26(30)27-22-12-14-24(15-13-22)36(33,34)29-17-7-2-3-8-18-29/h4-6,9-16,19,28H,2-3,7-8,17-18H2,1H3,(H,27,30). The molecule has 1 aliphatic heterocycles. The molecule has 1 saturated heterocycles. The Hall–Kier alpha value is -3.21. The second kappa shape index (κ2) is 10.8. The van der Waals surface area contributed by atoms with Crippen molar-refractivity contribution in [3.05, 3.63) is 83.9 Å². The lowest BCUT2D eigenvalue weighted by atomic mass is 10.1. The third kappa shape index (κ3) is 5.95. The average Bonchev–Trinajstić information content (AvgIpc) is 3.16. The first-order valence-corrected chi connectivity index (χ1v) is 14.7. The molecule has 0 atom stereocenters. The Bertz CT molecular complexity index is 1430. The molecule has 8 nitrogen and oxygen atoms in total. The highest BCUT2D eigenvalue weighted by Crippen LogP contribution is 2.24. The van der Waals surface area contributed by atoms with E-state index in [1.807, 2.05) is 0 Å². The lowest BCUT2D eigenvalue weighted by Crippen LogP contribution is -2.31. The lowest BCUT2D eigenvalue weighted by molar-refractivity contribution is 0.102. The summed E-state index contributed by atoms with van der Waals surface area (Å²) in [4.78, 5) is 13.1. The predicted octanol–water partition coefficient (Wildman–Crippen LogP) is 4.61. The topological polar surface area (TPSA) is 113 Å². The van der Waals surface area contributed by atoms with Gasteiger partial charge >= 0.3 is 0 Å². The smallest absolute Gasteiger partial charge is 0.261 e. The van der Waals surface area contributed by atoms with E-state index >= 15 is 0 Å². The van der Waals surface area contributed by atoms with Crippen LogP contribution in [0.15, 0.2) is 82.6 Å². The van der Waals surface area contributed by atoms with E-state index in [4.69, 9.17) is 0 Å². The summed E-state index contributed by atoms with van der Waals surface area (Å²) in [5.41, 5.74) is 1.76. The van der Waals surface area contributed by atoms with Gasteiger partial charge in [0.05, 0.1) is 15.5 Å². The quantitative estimate of drug-likeness (QED) is 0.466. The van der Waals surface area contributed by atoms with Crippen LogP contribution >= 0.6 is 0 Å². The van der Waals surface area contributed by atoms with Crippen molar-refractivity contribution >= 4 is 37.3 Å². The minimum atomic E-state index is -3.75. The van der Waals surface area contributed by atoms with Gasteiger partial charge in [-0.1, -0.05) is 31.0 Å². The van der Waals surface area contributed by atoms with E-state index in [2.05, 4.69) is 10.0 Å². The van der Waals surface area contributed by atoms with Crippen molar-refractivity contribution in [2.24, 2.45) is 0 Å². The highest BCUT2D eigenvalue weighted by molar-refractivity contribution is 7.92. The number of hydrogen-bond donors (Lipinski definition) is 2. The molecule has 0 unspecified atom stereocenters. The fraction of sp³-hybridized carbons (Fsp3) is 0.269. The number of carbonyl (C=O) groups excluding carboxylic acids is 1. The van der Waals surface area contributed by atoms with Crippen molar-refractivity contribution in [3.8, 4) is 0 Å². The Morgan fingerprint density at radius 3 is 2.03 bits per heavy atom. The zero-order valence-corrected chi connectivity index (χ0v) is 21.6. The summed E-state index contributed by atoms with van der Waals surface area (Å²) in [6.07, 6.45) is 3.80. The van der Waals surface area contributed by atoms with Gasteiger partial charge in [0.2, 0.25) is 10.0 Å². The summed E-state index contributed by atoms with van der Waals surface area (Å²) in [7, 11) is -7.31. The van der Waals surface area contributed by atoms with E-state index in [-0.39, 0.29) is 9.79 Å². The first-order valence-electron chi connectivity index (χ1n) is 11.8. The van der Waals surface area contributed by atoms with Crippen LogP contribution in [0.4, 0.5) is 11.4 Å². The molecule has 2 N–H and O–H groups in total. The zero-order chi connectivity index (χ0) is 25.8. The molecule has 190 valence electrons. The highest BCUT2D eigenvalue weighted by Gasteiger charge is 2.25. The van der Waals surface area contributed by atoms with E-state index in [1.165, 1.54) is 34.6 Å². The Labute approximate surface area is 212 Å². The normalized spacial score (nSPS) is 15.1. The minimum Gasteiger partial charge on any atom is -0.322 e. The molecule has 3 aromatic rings. The van der Waals surface area contributed by atoms with Crippen LogP contribution in [0.25, 0.3) is 0 Å². The van der Waals surface area contributed by atoms with Crippen LogP contribution in [0.5, 0.6) is 0 Å². The largest absolute Gasteiger partial charge is 0.322 e. The number of sulfonamides is 2. The maximum absolute atomic E-state index is 12.9. The number of benzene rings is 3. The highest BCUT2D eigenvalue weighted by atomic mass is 32.2. The SMILES string of the molecule is Cc1cc(C(=O)Nc2ccc(S(=O)(=O)N3CCCCCC3)cc2)ccc1NS(=O)(=O)c1ccccc1. The fourth-order valence-corrected chi connectivity index (χ4v) is 6.74. The molecule has 0 radical (unpaired) electrons. The first kappa shape index (κ1) is 25.9. The second-order valence-electron chi connectivity index (χ2n) is 8.75. The van der Waals surface area contributed by atoms with Crippen molar-refractivity contribution < 1.29 is 21.6 Å². The predicted molar refractivity (Wildman–Crippen MR) is 140 cm³/mol. The summed E-state index contributed by atoms with van der Waals surface area (Å²) in [6.45, 7) is 2.76. The van der Waals surface area contributed by atoms with Gasteiger partial charge in [-0.25, -0.2) is 16.8 Å². The van der Waals surface area contributed by atoms with Crippen LogP contribution in [0.1, 0.15) is 41.6 Å². The zero-order valence-electron chi connectivity index (χ0n) is 20.0. The molecule has 3 aromatic carbocycles. The van der Waals surface area contributed by atoms with E-state index in [9.17, 15) is 21.6 Å². The molecule has 0 spiro atoms. The first-order chi connectivity index (χ1) is 17.2. The molecular weight excluding hydrogens is 498 g/mol. The van der Waals surface area contributed by atoms with E-state index < -0.39 is 26.0 Å². The molecule has 36 heavy (non-hydrogen) atoms. The van der Waals surface area contributed by atoms with Crippen LogP contribution in [-0.2, 0) is 20.0 Å². The van der Waals surface area contributed by atoms with Gasteiger partial charge in [-0.05, 0) is 79.9 Å². The maximum atomic E-state index is 12.9. The van der Waals surface area contributed by atoms with Gasteiger partial charge < -0.3 is 5.32 Å². The molecule has 1 heterocycles. The number of nitrogens with zero attached hydrogens (tertiary/aromatic N) is 1. The number of rotatable bonds is 7. The van der Waals surface area contributed by atoms with E-state index in [0.717, 1.165) is 25.7 Å². The van der Waals surface area contributed by atoms with Gasteiger partial charge in [0.1, 0.15) is 0 Å². The van der Waals surface area contributed by atoms with Crippen molar-refractivity contribution in [1.82, 2.24) is 4.31 Å². The van der Waals surface area contributed by atoms with Crippen molar-refractivity contribution in [1.29, 1.82) is 0 Å². The summed E-state index contributed by atoms with van der Waals surface area (Å²) >= 11 is 0. The van der Waals surface area contributed by atoms with Gasteiger partial charge in [-0.2, -0.15) is 4.31 Å². The van der Waals surface area contributed by atoms with Crippen LogP contribution < -0.4 is 10.0 Å². The molecule has 0 aliphatic carbocycles. The Balaban J connectivity index is 1.44. The third-order valence-corrected chi connectivity index (χ3v) is 9.40. The summed E-state index contributed by atoms with van der Waals surface area (Å²) in [5, 5.41) is 2.76. The Morgan fingerprint density at radius 2 is 1.42 bits per heavy atom. The van der Waals surface area contributed by atoms with Crippen LogP contribution in [0.3, 0.4) is 0 Å². The number of amides is 1. The minimum absolute atomic E-state index is 0.146. The molecule has 4 rings (SSSR count). The van der Waals surface area contributed by atoms with Gasteiger partial charge in [-0.15, -0.1) is 0 Å². The number of anilines is 2. The molecule has 0 saturated carbocycles. The van der Waals surface area contributed by atoms with Crippen molar-refractivity contribution in [3.63, 3.8) is 0 Å². The molecule has 1 fully saturated rings. The van der Waals surface area contributed by atoms with Gasteiger partial charge in [0.15, 0.2) is 0 Å².